The number of benzene rings is 3. The lowest BCUT2D eigenvalue weighted by Crippen LogP contribution is -2.39. The summed E-state index contributed by atoms with van der Waals surface area (Å²) in [5, 5.41) is 32.1. The number of rotatable bonds is 9. The molecule has 160 valence electrons. The number of amides is 1. The van der Waals surface area contributed by atoms with Gasteiger partial charge in [0.1, 0.15) is 0 Å². The summed E-state index contributed by atoms with van der Waals surface area (Å²) in [5.41, 5.74) is 1.95. The number of carbonyl (C=O) groups is 1. The molecule has 2 atom stereocenters. The van der Waals surface area contributed by atoms with Crippen LogP contribution in [0, 0.1) is 10.1 Å². The number of hydrogen-bond acceptors (Lipinski definition) is 5. The van der Waals surface area contributed by atoms with Gasteiger partial charge in [-0.2, -0.15) is 0 Å². The molecule has 0 unspecified atom stereocenters. The first-order valence-corrected chi connectivity index (χ1v) is 9.94. The van der Waals surface area contributed by atoms with Crippen molar-refractivity contribution in [1.82, 2.24) is 4.90 Å². The van der Waals surface area contributed by atoms with Crippen molar-refractivity contribution < 1.29 is 19.9 Å². The van der Waals surface area contributed by atoms with Crippen LogP contribution in [0.15, 0.2) is 84.9 Å². The third kappa shape index (κ3) is 5.97. The maximum Gasteiger partial charge on any atom is 0.269 e. The Hall–Kier alpha value is -3.55. The minimum atomic E-state index is -1.35. The topological polar surface area (TPSA) is 104 Å². The van der Waals surface area contributed by atoms with Crippen molar-refractivity contribution in [1.29, 1.82) is 0 Å². The Morgan fingerprint density at radius 2 is 1.42 bits per heavy atom. The fourth-order valence-corrected chi connectivity index (χ4v) is 3.28. The highest BCUT2D eigenvalue weighted by atomic mass is 16.6. The zero-order chi connectivity index (χ0) is 22.2. The molecule has 0 bridgehead atoms. The molecule has 0 aliphatic heterocycles. The zero-order valence-electron chi connectivity index (χ0n) is 16.9. The van der Waals surface area contributed by atoms with E-state index in [9.17, 15) is 25.1 Å². The predicted octanol–water partition coefficient (Wildman–Crippen LogP) is 3.43. The van der Waals surface area contributed by atoms with Gasteiger partial charge in [0.05, 0.1) is 17.6 Å². The van der Waals surface area contributed by atoms with Crippen LogP contribution in [0.25, 0.3) is 0 Å². The number of hydrogen-bond donors (Lipinski definition) is 2. The van der Waals surface area contributed by atoms with E-state index in [4.69, 9.17) is 0 Å². The number of nitro benzene ring substituents is 1. The summed E-state index contributed by atoms with van der Waals surface area (Å²) in [5.74, 6) is -0.511. The SMILES string of the molecule is O=C([C@H](O)c1ccccc1)N(CCc1ccc([N+](=O)[O-])cc1)C[C@H](O)c1ccccc1. The number of carbonyl (C=O) groups excluding carboxylic acids is 1. The number of nitro groups is 1. The van der Waals surface area contributed by atoms with Crippen LogP contribution in [0.1, 0.15) is 28.9 Å². The molecule has 0 radical (unpaired) electrons. The smallest absolute Gasteiger partial charge is 0.269 e. The first-order valence-electron chi connectivity index (χ1n) is 9.94. The van der Waals surface area contributed by atoms with Crippen LogP contribution in [-0.4, -0.2) is 39.0 Å². The summed E-state index contributed by atoms with van der Waals surface area (Å²) in [6.07, 6.45) is -1.83. The Kier molecular flexibility index (Phi) is 7.48. The van der Waals surface area contributed by atoms with Crippen molar-refractivity contribution in [3.63, 3.8) is 0 Å². The van der Waals surface area contributed by atoms with Crippen LogP contribution in [0.5, 0.6) is 0 Å². The maximum atomic E-state index is 13.1. The van der Waals surface area contributed by atoms with Crippen LogP contribution >= 0.6 is 0 Å². The average Bonchev–Trinajstić information content (AvgIpc) is 2.82. The number of nitrogens with zero attached hydrogens (tertiary/aromatic N) is 2. The fourth-order valence-electron chi connectivity index (χ4n) is 3.28. The molecule has 3 aromatic rings. The van der Waals surface area contributed by atoms with Gasteiger partial charge in [0, 0.05) is 18.7 Å². The largest absolute Gasteiger partial charge is 0.387 e. The average molecular weight is 420 g/mol. The molecule has 0 aromatic heterocycles. The highest BCUT2D eigenvalue weighted by molar-refractivity contribution is 5.82. The molecule has 0 heterocycles. The molecule has 3 rings (SSSR count). The van der Waals surface area contributed by atoms with Crippen molar-refractivity contribution in [3.8, 4) is 0 Å². The minimum absolute atomic E-state index is 0.00400. The number of aliphatic hydroxyl groups is 2. The third-order valence-corrected chi connectivity index (χ3v) is 5.06. The molecule has 0 saturated heterocycles. The van der Waals surface area contributed by atoms with Gasteiger partial charge in [-0.15, -0.1) is 0 Å². The van der Waals surface area contributed by atoms with E-state index in [1.54, 1.807) is 66.7 Å². The van der Waals surface area contributed by atoms with Crippen LogP contribution < -0.4 is 0 Å². The zero-order valence-corrected chi connectivity index (χ0v) is 16.9. The Bertz CT molecular complexity index is 993. The van der Waals surface area contributed by atoms with Gasteiger partial charge in [0.15, 0.2) is 6.10 Å². The normalized spacial score (nSPS) is 12.7. The Morgan fingerprint density at radius 3 is 1.97 bits per heavy atom. The van der Waals surface area contributed by atoms with Crippen LogP contribution in [0.4, 0.5) is 5.69 Å². The van der Waals surface area contributed by atoms with Crippen molar-refractivity contribution in [2.24, 2.45) is 0 Å². The molecule has 3 aromatic carbocycles. The maximum absolute atomic E-state index is 13.1. The minimum Gasteiger partial charge on any atom is -0.387 e. The summed E-state index contributed by atoms with van der Waals surface area (Å²) in [4.78, 5) is 24.8. The third-order valence-electron chi connectivity index (χ3n) is 5.06. The monoisotopic (exact) mass is 420 g/mol. The molecule has 31 heavy (non-hydrogen) atoms. The van der Waals surface area contributed by atoms with Crippen molar-refractivity contribution in [2.75, 3.05) is 13.1 Å². The van der Waals surface area contributed by atoms with Gasteiger partial charge in [0.25, 0.3) is 11.6 Å². The van der Waals surface area contributed by atoms with Gasteiger partial charge in [-0.05, 0) is 23.1 Å². The fraction of sp³-hybridized carbons (Fsp3) is 0.208. The first kappa shape index (κ1) is 22.1. The lowest BCUT2D eigenvalue weighted by molar-refractivity contribution is -0.384. The molecule has 0 aliphatic carbocycles. The van der Waals surface area contributed by atoms with E-state index in [0.717, 1.165) is 5.56 Å². The van der Waals surface area contributed by atoms with Gasteiger partial charge in [0.2, 0.25) is 0 Å². The van der Waals surface area contributed by atoms with Crippen LogP contribution in [-0.2, 0) is 11.2 Å². The second-order valence-corrected chi connectivity index (χ2v) is 7.20. The van der Waals surface area contributed by atoms with E-state index >= 15 is 0 Å². The van der Waals surface area contributed by atoms with Gasteiger partial charge >= 0.3 is 0 Å². The van der Waals surface area contributed by atoms with E-state index in [2.05, 4.69) is 0 Å². The molecule has 1 amide bonds. The van der Waals surface area contributed by atoms with E-state index in [0.29, 0.717) is 17.5 Å². The highest BCUT2D eigenvalue weighted by Crippen LogP contribution is 2.20. The Labute approximate surface area is 180 Å². The highest BCUT2D eigenvalue weighted by Gasteiger charge is 2.26. The molecule has 0 fully saturated rings. The molecular weight excluding hydrogens is 396 g/mol. The van der Waals surface area contributed by atoms with Crippen LogP contribution in [0.2, 0.25) is 0 Å². The van der Waals surface area contributed by atoms with E-state index in [1.165, 1.54) is 17.0 Å². The van der Waals surface area contributed by atoms with Crippen molar-refractivity contribution >= 4 is 11.6 Å². The molecule has 7 heteroatoms. The molecule has 2 N–H and O–H groups in total. The number of non-ortho nitro benzene ring substituents is 1. The molecule has 0 spiro atoms. The van der Waals surface area contributed by atoms with Gasteiger partial charge in [-0.25, -0.2) is 0 Å². The quantitative estimate of drug-likeness (QED) is 0.408. The summed E-state index contributed by atoms with van der Waals surface area (Å²) in [6, 6.07) is 23.7. The standard InChI is InChI=1S/C24H24N2O5/c27-22(19-7-3-1-4-8-19)17-25(24(29)23(28)20-9-5-2-6-10-20)16-15-18-11-13-21(14-12-18)26(30)31/h1-14,22-23,27-28H,15-17H2/t22-,23+/m0/s1. The first-order chi connectivity index (χ1) is 15.0. The second-order valence-electron chi connectivity index (χ2n) is 7.20. The number of aliphatic hydroxyl groups excluding tert-OH is 2. The summed E-state index contributed by atoms with van der Waals surface area (Å²) in [6.45, 7) is 0.254. The summed E-state index contributed by atoms with van der Waals surface area (Å²) < 4.78 is 0. The van der Waals surface area contributed by atoms with Gasteiger partial charge < -0.3 is 15.1 Å². The van der Waals surface area contributed by atoms with Gasteiger partial charge in [-0.3, -0.25) is 14.9 Å². The second kappa shape index (κ2) is 10.5. The lowest BCUT2D eigenvalue weighted by Gasteiger charge is -2.28. The summed E-state index contributed by atoms with van der Waals surface area (Å²) in [7, 11) is 0. The summed E-state index contributed by atoms with van der Waals surface area (Å²) >= 11 is 0. The van der Waals surface area contributed by atoms with E-state index in [-0.39, 0.29) is 18.8 Å². The van der Waals surface area contributed by atoms with Crippen molar-refractivity contribution in [2.45, 2.75) is 18.6 Å². The Balaban J connectivity index is 1.76. The van der Waals surface area contributed by atoms with Gasteiger partial charge in [-0.1, -0.05) is 72.8 Å². The molecule has 0 aliphatic rings. The van der Waals surface area contributed by atoms with E-state index < -0.39 is 23.0 Å². The lowest BCUT2D eigenvalue weighted by atomic mass is 10.1. The predicted molar refractivity (Wildman–Crippen MR) is 116 cm³/mol. The molecular formula is C24H24N2O5. The molecule has 0 saturated carbocycles. The van der Waals surface area contributed by atoms with Crippen LogP contribution in [0.3, 0.4) is 0 Å². The Morgan fingerprint density at radius 1 is 0.871 bits per heavy atom. The van der Waals surface area contributed by atoms with Crippen molar-refractivity contribution in [3.05, 3.63) is 112 Å². The van der Waals surface area contributed by atoms with E-state index in [1.807, 2.05) is 6.07 Å². The molecule has 7 nitrogen and oxygen atoms in total.